The third-order valence-corrected chi connectivity index (χ3v) is 5.67. The summed E-state index contributed by atoms with van der Waals surface area (Å²) in [5, 5.41) is 0.767. The van der Waals surface area contributed by atoms with Gasteiger partial charge < -0.3 is 10.5 Å². The zero-order chi connectivity index (χ0) is 19.6. The second-order valence-electron chi connectivity index (χ2n) is 5.61. The van der Waals surface area contributed by atoms with E-state index in [2.05, 4.69) is 15.9 Å². The molecule has 2 N–H and O–H groups in total. The van der Waals surface area contributed by atoms with Crippen LogP contribution in [0, 0.1) is 0 Å². The maximum absolute atomic E-state index is 13.3. The van der Waals surface area contributed by atoms with E-state index in [0.717, 1.165) is 10.0 Å². The first-order chi connectivity index (χ1) is 12.9. The van der Waals surface area contributed by atoms with Crippen LogP contribution in [0.1, 0.15) is 33.2 Å². The summed E-state index contributed by atoms with van der Waals surface area (Å²) in [4.78, 5) is 26.4. The Balaban J connectivity index is 2.23. The molecule has 0 bridgehead atoms. The molecule has 3 aromatic rings. The predicted molar refractivity (Wildman–Crippen MR) is 113 cm³/mol. The fourth-order valence-electron chi connectivity index (χ4n) is 2.65. The Labute approximate surface area is 174 Å². The molecule has 0 saturated carbocycles. The van der Waals surface area contributed by atoms with Crippen LogP contribution in [0.25, 0.3) is 10.4 Å². The maximum atomic E-state index is 13.3. The molecule has 0 amide bonds. The molecule has 1 heterocycles. The Morgan fingerprint density at radius 3 is 2.48 bits per heavy atom. The molecule has 0 aliphatic carbocycles. The Morgan fingerprint density at radius 1 is 1.15 bits per heavy atom. The van der Waals surface area contributed by atoms with Crippen LogP contribution in [-0.4, -0.2) is 18.4 Å². The summed E-state index contributed by atoms with van der Waals surface area (Å²) in [5.74, 6) is -0.909. The number of anilines is 1. The number of rotatable bonds is 5. The van der Waals surface area contributed by atoms with Crippen LogP contribution in [-0.2, 0) is 4.74 Å². The second kappa shape index (κ2) is 8.25. The van der Waals surface area contributed by atoms with E-state index in [4.69, 9.17) is 22.1 Å². The van der Waals surface area contributed by atoms with E-state index >= 15 is 0 Å². The number of hydrogen-bond acceptors (Lipinski definition) is 5. The number of nitrogens with two attached hydrogens (primary N) is 1. The number of benzene rings is 2. The topological polar surface area (TPSA) is 69.4 Å². The molecule has 0 aliphatic rings. The minimum absolute atomic E-state index is 0.102. The zero-order valence-electron chi connectivity index (χ0n) is 14.3. The number of hydrogen-bond donors (Lipinski definition) is 1. The van der Waals surface area contributed by atoms with Crippen LogP contribution < -0.4 is 5.73 Å². The summed E-state index contributed by atoms with van der Waals surface area (Å²) in [5.41, 5.74) is 7.62. The van der Waals surface area contributed by atoms with Crippen molar-refractivity contribution < 1.29 is 14.3 Å². The van der Waals surface area contributed by atoms with Crippen molar-refractivity contribution in [1.29, 1.82) is 0 Å². The molecule has 7 heteroatoms. The molecule has 0 radical (unpaired) electrons. The fraction of sp³-hybridized carbons (Fsp3) is 0.100. The number of esters is 1. The molecule has 0 saturated heterocycles. The number of nitrogen functional groups attached to an aromatic ring is 1. The molecule has 1 aromatic heterocycles. The van der Waals surface area contributed by atoms with Crippen LogP contribution in [0.3, 0.4) is 0 Å². The third-order valence-electron chi connectivity index (χ3n) is 3.84. The number of halogens is 2. The van der Waals surface area contributed by atoms with E-state index in [1.807, 2.05) is 6.07 Å². The normalized spacial score (nSPS) is 10.6. The van der Waals surface area contributed by atoms with Crippen molar-refractivity contribution in [1.82, 2.24) is 0 Å². The molecule has 27 heavy (non-hydrogen) atoms. The van der Waals surface area contributed by atoms with Gasteiger partial charge in [-0.15, -0.1) is 11.3 Å². The van der Waals surface area contributed by atoms with Crippen molar-refractivity contribution in [2.24, 2.45) is 0 Å². The van der Waals surface area contributed by atoms with Crippen LogP contribution >= 0.6 is 38.9 Å². The molecular formula is C20H15BrClNO3S. The minimum atomic E-state index is -0.611. The van der Waals surface area contributed by atoms with Gasteiger partial charge in [0.15, 0.2) is 5.78 Å². The van der Waals surface area contributed by atoms with Gasteiger partial charge in [0.05, 0.1) is 12.2 Å². The third kappa shape index (κ3) is 4.08. The van der Waals surface area contributed by atoms with Gasteiger partial charge in [-0.3, -0.25) is 4.79 Å². The van der Waals surface area contributed by atoms with Crippen molar-refractivity contribution in [2.45, 2.75) is 6.92 Å². The summed E-state index contributed by atoms with van der Waals surface area (Å²) in [6, 6.07) is 14.0. The van der Waals surface area contributed by atoms with E-state index in [9.17, 15) is 9.59 Å². The van der Waals surface area contributed by atoms with E-state index in [1.54, 1.807) is 49.4 Å². The number of ether oxygens (including phenoxy) is 1. The molecule has 3 rings (SSSR count). The second-order valence-corrected chi connectivity index (χ2v) is 8.02. The average Bonchev–Trinajstić information content (AvgIpc) is 2.99. The van der Waals surface area contributed by atoms with Crippen LogP contribution in [0.4, 0.5) is 5.00 Å². The van der Waals surface area contributed by atoms with E-state index < -0.39 is 5.97 Å². The molecule has 0 fully saturated rings. The van der Waals surface area contributed by atoms with Crippen molar-refractivity contribution >= 4 is 55.6 Å². The quantitative estimate of drug-likeness (QED) is 0.381. The highest BCUT2D eigenvalue weighted by atomic mass is 79.9. The smallest absolute Gasteiger partial charge is 0.341 e. The SMILES string of the molecule is CCOC(=O)c1c(N)sc(-c2cccc(Cl)c2)c1C(=O)c1ccc(Br)cc1. The Bertz CT molecular complexity index is 1010. The average molecular weight is 465 g/mol. The largest absolute Gasteiger partial charge is 0.462 e. The first-order valence-corrected chi connectivity index (χ1v) is 10.1. The molecular weight excluding hydrogens is 450 g/mol. The highest BCUT2D eigenvalue weighted by molar-refractivity contribution is 9.10. The highest BCUT2D eigenvalue weighted by Crippen LogP contribution is 2.41. The van der Waals surface area contributed by atoms with Crippen molar-refractivity contribution in [3.63, 3.8) is 0 Å². The summed E-state index contributed by atoms with van der Waals surface area (Å²) in [6.07, 6.45) is 0. The number of carbonyl (C=O) groups is 2. The standard InChI is InChI=1S/C20H15BrClNO3S/c1-2-26-20(25)16-15(17(24)11-6-8-13(21)9-7-11)18(27-19(16)23)12-4-3-5-14(22)10-12/h3-10H,2,23H2,1H3. The summed E-state index contributed by atoms with van der Waals surface area (Å²) >= 11 is 10.6. The van der Waals surface area contributed by atoms with Crippen LogP contribution in [0.15, 0.2) is 53.0 Å². The van der Waals surface area contributed by atoms with Gasteiger partial charge in [0.1, 0.15) is 10.6 Å². The fourth-order valence-corrected chi connectivity index (χ4v) is 4.15. The molecule has 138 valence electrons. The molecule has 0 unspecified atom stereocenters. The first kappa shape index (κ1) is 19.6. The molecule has 0 atom stereocenters. The number of ketones is 1. The first-order valence-electron chi connectivity index (χ1n) is 8.08. The van der Waals surface area contributed by atoms with E-state index in [-0.39, 0.29) is 28.5 Å². The Kier molecular flexibility index (Phi) is 5.99. The maximum Gasteiger partial charge on any atom is 0.341 e. The monoisotopic (exact) mass is 463 g/mol. The van der Waals surface area contributed by atoms with Gasteiger partial charge in [-0.05, 0) is 48.9 Å². The van der Waals surface area contributed by atoms with Gasteiger partial charge in [0.2, 0.25) is 0 Å². The van der Waals surface area contributed by atoms with Gasteiger partial charge in [0.25, 0.3) is 0 Å². The summed E-state index contributed by atoms with van der Waals surface area (Å²) in [6.45, 7) is 1.89. The van der Waals surface area contributed by atoms with E-state index in [0.29, 0.717) is 15.5 Å². The summed E-state index contributed by atoms with van der Waals surface area (Å²) in [7, 11) is 0. The van der Waals surface area contributed by atoms with Gasteiger partial charge >= 0.3 is 5.97 Å². The zero-order valence-corrected chi connectivity index (χ0v) is 17.5. The van der Waals surface area contributed by atoms with Gasteiger partial charge in [0, 0.05) is 19.9 Å². The van der Waals surface area contributed by atoms with Crippen molar-refractivity contribution in [3.05, 3.63) is 74.7 Å². The van der Waals surface area contributed by atoms with Gasteiger partial charge in [-0.1, -0.05) is 39.7 Å². The Morgan fingerprint density at radius 2 is 1.85 bits per heavy atom. The van der Waals surface area contributed by atoms with Gasteiger partial charge in [-0.25, -0.2) is 4.79 Å². The lowest BCUT2D eigenvalue weighted by molar-refractivity contribution is 0.0525. The highest BCUT2D eigenvalue weighted by Gasteiger charge is 2.29. The molecule has 4 nitrogen and oxygen atoms in total. The number of carbonyl (C=O) groups excluding carboxylic acids is 2. The minimum Gasteiger partial charge on any atom is -0.462 e. The number of thiophene rings is 1. The molecule has 2 aromatic carbocycles. The van der Waals surface area contributed by atoms with E-state index in [1.165, 1.54) is 11.3 Å². The van der Waals surface area contributed by atoms with Crippen molar-refractivity contribution in [3.8, 4) is 10.4 Å². The predicted octanol–water partition coefficient (Wildman–Crippen LogP) is 5.82. The van der Waals surface area contributed by atoms with Crippen LogP contribution in [0.5, 0.6) is 0 Å². The molecule has 0 aliphatic heterocycles. The Hall–Kier alpha value is -2.15. The lowest BCUT2D eigenvalue weighted by Gasteiger charge is -2.08. The lowest BCUT2D eigenvalue weighted by Crippen LogP contribution is -2.13. The molecule has 0 spiro atoms. The van der Waals surface area contributed by atoms with Crippen molar-refractivity contribution in [2.75, 3.05) is 12.3 Å². The lowest BCUT2D eigenvalue weighted by atomic mass is 9.97. The van der Waals surface area contributed by atoms with Crippen LogP contribution in [0.2, 0.25) is 5.02 Å². The van der Waals surface area contributed by atoms with Gasteiger partial charge in [-0.2, -0.15) is 0 Å². The summed E-state index contributed by atoms with van der Waals surface area (Å²) < 4.78 is 5.98.